The Balaban J connectivity index is 2.15. The summed E-state index contributed by atoms with van der Waals surface area (Å²) in [4.78, 5) is 0.399. The summed E-state index contributed by atoms with van der Waals surface area (Å²) < 4.78 is 26.9. The van der Waals surface area contributed by atoms with E-state index in [0.29, 0.717) is 23.9 Å². The number of sulfonamides is 1. The number of alkyl halides is 1. The molecule has 0 radical (unpaired) electrons. The van der Waals surface area contributed by atoms with Gasteiger partial charge >= 0.3 is 0 Å². The Kier molecular flexibility index (Phi) is 5.87. The minimum Gasteiger partial charge on any atom is -0.207 e. The molecule has 1 aromatic carbocycles. The van der Waals surface area contributed by atoms with Crippen LogP contribution in [0, 0.1) is 0 Å². The molecular weight excluding hydrogens is 294 g/mol. The lowest BCUT2D eigenvalue weighted by Crippen LogP contribution is -2.33. The van der Waals surface area contributed by atoms with Gasteiger partial charge in [0.15, 0.2) is 0 Å². The molecule has 5 heteroatoms. The quantitative estimate of drug-likeness (QED) is 0.798. The molecule has 0 spiro atoms. The summed E-state index contributed by atoms with van der Waals surface area (Å²) >= 11 is 5.69. The third-order valence-electron chi connectivity index (χ3n) is 3.76. The first-order chi connectivity index (χ1) is 9.64. The maximum Gasteiger partial charge on any atom is 0.243 e. The molecule has 1 heterocycles. The van der Waals surface area contributed by atoms with Crippen LogP contribution in [0.4, 0.5) is 0 Å². The molecule has 0 amide bonds. The number of hydrogen-bond acceptors (Lipinski definition) is 2. The smallest absolute Gasteiger partial charge is 0.207 e. The summed E-state index contributed by atoms with van der Waals surface area (Å²) in [6, 6.07) is 7.13. The molecule has 0 N–H and O–H groups in total. The van der Waals surface area contributed by atoms with Crippen molar-refractivity contribution in [1.29, 1.82) is 0 Å². The Morgan fingerprint density at radius 3 is 2.05 bits per heavy atom. The number of benzene rings is 1. The van der Waals surface area contributed by atoms with Gasteiger partial charge in [-0.05, 0) is 37.0 Å². The fourth-order valence-electron chi connectivity index (χ4n) is 2.55. The molecule has 3 nitrogen and oxygen atoms in total. The third-order valence-corrected chi connectivity index (χ3v) is 5.86. The van der Waals surface area contributed by atoms with Gasteiger partial charge in [0.2, 0.25) is 10.0 Å². The molecule has 0 saturated carbocycles. The topological polar surface area (TPSA) is 37.4 Å². The Morgan fingerprint density at radius 1 is 0.950 bits per heavy atom. The van der Waals surface area contributed by atoms with E-state index in [-0.39, 0.29) is 0 Å². The Morgan fingerprint density at radius 2 is 1.50 bits per heavy atom. The van der Waals surface area contributed by atoms with Crippen LogP contribution in [0.1, 0.15) is 37.7 Å². The van der Waals surface area contributed by atoms with Gasteiger partial charge < -0.3 is 0 Å². The fourth-order valence-corrected chi connectivity index (χ4v) is 4.28. The monoisotopic (exact) mass is 315 g/mol. The molecule has 0 atom stereocenters. The second kappa shape index (κ2) is 7.43. The van der Waals surface area contributed by atoms with E-state index >= 15 is 0 Å². The molecule has 1 saturated heterocycles. The molecular formula is C15H22ClNO2S. The first-order valence-electron chi connectivity index (χ1n) is 7.29. The standard InChI is InChI=1S/C15H22ClNO2S/c16-11-10-14-6-8-15(9-7-14)20(18,19)17-12-4-2-1-3-5-13-17/h6-9H,1-5,10-13H2. The van der Waals surface area contributed by atoms with Crippen molar-refractivity contribution >= 4 is 21.6 Å². The van der Waals surface area contributed by atoms with E-state index in [2.05, 4.69) is 0 Å². The van der Waals surface area contributed by atoms with Gasteiger partial charge in [0, 0.05) is 19.0 Å². The van der Waals surface area contributed by atoms with Gasteiger partial charge in [-0.2, -0.15) is 4.31 Å². The summed E-state index contributed by atoms with van der Waals surface area (Å²) in [5, 5.41) is 0. The zero-order valence-electron chi connectivity index (χ0n) is 11.7. The number of aryl methyl sites for hydroxylation is 1. The fraction of sp³-hybridized carbons (Fsp3) is 0.600. The maximum atomic E-state index is 12.6. The highest BCUT2D eigenvalue weighted by molar-refractivity contribution is 7.89. The molecule has 0 aliphatic carbocycles. The predicted octanol–water partition coefficient (Wildman–Crippen LogP) is 3.42. The molecule has 1 fully saturated rings. The van der Waals surface area contributed by atoms with Crippen molar-refractivity contribution in [2.24, 2.45) is 0 Å². The zero-order valence-corrected chi connectivity index (χ0v) is 13.3. The first-order valence-corrected chi connectivity index (χ1v) is 9.27. The molecule has 20 heavy (non-hydrogen) atoms. The van der Waals surface area contributed by atoms with Gasteiger partial charge in [-0.3, -0.25) is 0 Å². The average molecular weight is 316 g/mol. The minimum atomic E-state index is -3.33. The van der Waals surface area contributed by atoms with Gasteiger partial charge in [0.05, 0.1) is 4.90 Å². The van der Waals surface area contributed by atoms with E-state index in [9.17, 15) is 8.42 Å². The molecule has 1 aliphatic rings. The SMILES string of the molecule is O=S(=O)(c1ccc(CCCl)cc1)N1CCCCCCC1. The minimum absolute atomic E-state index is 0.399. The lowest BCUT2D eigenvalue weighted by Gasteiger charge is -2.24. The van der Waals surface area contributed by atoms with Crippen molar-refractivity contribution in [2.75, 3.05) is 19.0 Å². The van der Waals surface area contributed by atoms with Crippen LogP contribution in [-0.4, -0.2) is 31.7 Å². The Bertz CT molecular complexity index is 505. The normalized spacial score (nSPS) is 18.4. The van der Waals surface area contributed by atoms with Crippen molar-refractivity contribution in [3.63, 3.8) is 0 Å². The number of hydrogen-bond donors (Lipinski definition) is 0. The maximum absolute atomic E-state index is 12.6. The van der Waals surface area contributed by atoms with Gasteiger partial charge in [0.1, 0.15) is 0 Å². The van der Waals surface area contributed by atoms with E-state index < -0.39 is 10.0 Å². The number of halogens is 1. The van der Waals surface area contributed by atoms with Crippen molar-refractivity contribution in [3.05, 3.63) is 29.8 Å². The third kappa shape index (κ3) is 3.96. The van der Waals surface area contributed by atoms with Gasteiger partial charge in [-0.25, -0.2) is 8.42 Å². The molecule has 0 unspecified atom stereocenters. The van der Waals surface area contributed by atoms with Crippen LogP contribution in [0.2, 0.25) is 0 Å². The van der Waals surface area contributed by atoms with Crippen LogP contribution in [0.5, 0.6) is 0 Å². The molecule has 2 rings (SSSR count). The van der Waals surface area contributed by atoms with Crippen molar-refractivity contribution < 1.29 is 8.42 Å². The van der Waals surface area contributed by atoms with E-state index in [1.165, 1.54) is 6.42 Å². The predicted molar refractivity (Wildman–Crippen MR) is 82.7 cm³/mol. The molecule has 112 valence electrons. The highest BCUT2D eigenvalue weighted by Crippen LogP contribution is 2.20. The van der Waals surface area contributed by atoms with E-state index in [1.54, 1.807) is 16.4 Å². The second-order valence-electron chi connectivity index (χ2n) is 5.25. The molecule has 0 aromatic heterocycles. The Hall–Kier alpha value is -0.580. The molecule has 1 aliphatic heterocycles. The summed E-state index contributed by atoms with van der Waals surface area (Å²) in [5.41, 5.74) is 1.08. The van der Waals surface area contributed by atoms with Gasteiger partial charge in [0.25, 0.3) is 0 Å². The highest BCUT2D eigenvalue weighted by atomic mass is 35.5. The number of nitrogens with zero attached hydrogens (tertiary/aromatic N) is 1. The van der Waals surface area contributed by atoms with Crippen LogP contribution >= 0.6 is 11.6 Å². The van der Waals surface area contributed by atoms with E-state index in [0.717, 1.165) is 37.7 Å². The second-order valence-corrected chi connectivity index (χ2v) is 7.57. The van der Waals surface area contributed by atoms with Crippen molar-refractivity contribution in [1.82, 2.24) is 4.31 Å². The van der Waals surface area contributed by atoms with Crippen molar-refractivity contribution in [3.8, 4) is 0 Å². The highest BCUT2D eigenvalue weighted by Gasteiger charge is 2.24. The van der Waals surface area contributed by atoms with Crippen LogP contribution in [0.25, 0.3) is 0 Å². The zero-order chi connectivity index (χ0) is 14.4. The van der Waals surface area contributed by atoms with Crippen LogP contribution < -0.4 is 0 Å². The Labute approximate surface area is 127 Å². The van der Waals surface area contributed by atoms with Gasteiger partial charge in [-0.1, -0.05) is 31.4 Å². The number of rotatable bonds is 4. The van der Waals surface area contributed by atoms with E-state index in [4.69, 9.17) is 11.6 Å². The van der Waals surface area contributed by atoms with Crippen LogP contribution in [0.15, 0.2) is 29.2 Å². The first kappa shape index (κ1) is 15.8. The van der Waals surface area contributed by atoms with Crippen LogP contribution in [-0.2, 0) is 16.4 Å². The van der Waals surface area contributed by atoms with E-state index in [1.807, 2.05) is 12.1 Å². The average Bonchev–Trinajstić information content (AvgIpc) is 2.39. The van der Waals surface area contributed by atoms with Crippen LogP contribution in [0.3, 0.4) is 0 Å². The largest absolute Gasteiger partial charge is 0.243 e. The summed E-state index contributed by atoms with van der Waals surface area (Å²) in [6.45, 7) is 1.29. The lowest BCUT2D eigenvalue weighted by molar-refractivity contribution is 0.364. The molecule has 0 bridgehead atoms. The van der Waals surface area contributed by atoms with Gasteiger partial charge in [-0.15, -0.1) is 11.6 Å². The summed E-state index contributed by atoms with van der Waals surface area (Å²) in [5.74, 6) is 0.554. The van der Waals surface area contributed by atoms with Crippen molar-refractivity contribution in [2.45, 2.75) is 43.4 Å². The summed E-state index contributed by atoms with van der Waals surface area (Å²) in [6.07, 6.45) is 6.17. The summed E-state index contributed by atoms with van der Waals surface area (Å²) in [7, 11) is -3.33. The lowest BCUT2D eigenvalue weighted by atomic mass is 10.1. The molecule has 1 aromatic rings.